The maximum atomic E-state index is 12.7. The maximum Gasteiger partial charge on any atom is 0.245 e. The molecule has 0 spiro atoms. The van der Waals surface area contributed by atoms with Gasteiger partial charge in [0, 0.05) is 19.6 Å². The molecular weight excluding hydrogens is 326 g/mol. The van der Waals surface area contributed by atoms with Gasteiger partial charge in [0.25, 0.3) is 0 Å². The molecule has 2 amide bonds. The Labute approximate surface area is 150 Å². The van der Waals surface area contributed by atoms with Gasteiger partial charge >= 0.3 is 0 Å². The van der Waals surface area contributed by atoms with Crippen LogP contribution in [0.2, 0.25) is 0 Å². The molecule has 6 heteroatoms. The fourth-order valence-corrected chi connectivity index (χ4v) is 2.86. The molecule has 1 aromatic carbocycles. The van der Waals surface area contributed by atoms with Gasteiger partial charge in [0.05, 0.1) is 6.42 Å². The van der Waals surface area contributed by atoms with Crippen molar-refractivity contribution in [3.8, 4) is 0 Å². The van der Waals surface area contributed by atoms with Crippen LogP contribution in [0.4, 0.5) is 0 Å². The Morgan fingerprint density at radius 1 is 1.21 bits per heavy atom. The summed E-state index contributed by atoms with van der Waals surface area (Å²) in [7, 11) is 0. The van der Waals surface area contributed by atoms with E-state index in [1.54, 1.807) is 0 Å². The van der Waals surface area contributed by atoms with E-state index in [1.165, 1.54) is 0 Å². The number of benzene rings is 1. The lowest BCUT2D eigenvalue weighted by atomic mass is 10.1. The van der Waals surface area contributed by atoms with Crippen molar-refractivity contribution >= 4 is 24.2 Å². The molecular formula is C18H28ClN3O2. The van der Waals surface area contributed by atoms with Crippen LogP contribution < -0.4 is 10.6 Å². The Morgan fingerprint density at radius 3 is 2.67 bits per heavy atom. The summed E-state index contributed by atoms with van der Waals surface area (Å²) in [4.78, 5) is 26.8. The Bertz CT molecular complexity index is 502. The van der Waals surface area contributed by atoms with Crippen molar-refractivity contribution in [3.63, 3.8) is 0 Å². The Hall–Kier alpha value is -1.59. The van der Waals surface area contributed by atoms with Crippen LogP contribution in [0.5, 0.6) is 0 Å². The highest BCUT2D eigenvalue weighted by Gasteiger charge is 2.25. The fraction of sp³-hybridized carbons (Fsp3) is 0.556. The van der Waals surface area contributed by atoms with Gasteiger partial charge in [-0.05, 0) is 24.9 Å². The van der Waals surface area contributed by atoms with Gasteiger partial charge < -0.3 is 15.5 Å². The van der Waals surface area contributed by atoms with Crippen LogP contribution in [0.1, 0.15) is 31.7 Å². The number of amides is 2. The molecule has 24 heavy (non-hydrogen) atoms. The summed E-state index contributed by atoms with van der Waals surface area (Å²) in [5.74, 6) is -0.0343. The molecule has 1 aliphatic heterocycles. The van der Waals surface area contributed by atoms with Crippen molar-refractivity contribution in [1.82, 2.24) is 15.5 Å². The van der Waals surface area contributed by atoms with E-state index in [0.29, 0.717) is 19.4 Å². The van der Waals surface area contributed by atoms with Crippen molar-refractivity contribution in [3.05, 3.63) is 35.9 Å². The van der Waals surface area contributed by atoms with E-state index < -0.39 is 6.04 Å². The molecule has 1 aliphatic rings. The van der Waals surface area contributed by atoms with Crippen molar-refractivity contribution in [1.29, 1.82) is 0 Å². The lowest BCUT2D eigenvalue weighted by Crippen LogP contribution is -2.49. The molecule has 0 radical (unpaired) electrons. The van der Waals surface area contributed by atoms with Crippen molar-refractivity contribution < 1.29 is 9.59 Å². The summed E-state index contributed by atoms with van der Waals surface area (Å²) < 4.78 is 0. The molecule has 134 valence electrons. The summed E-state index contributed by atoms with van der Waals surface area (Å²) >= 11 is 0. The monoisotopic (exact) mass is 353 g/mol. The van der Waals surface area contributed by atoms with Crippen molar-refractivity contribution in [2.75, 3.05) is 26.2 Å². The minimum Gasteiger partial charge on any atom is -0.344 e. The Morgan fingerprint density at radius 2 is 1.96 bits per heavy atom. The average molecular weight is 354 g/mol. The van der Waals surface area contributed by atoms with Gasteiger partial charge in [-0.3, -0.25) is 9.59 Å². The molecule has 5 nitrogen and oxygen atoms in total. The molecule has 0 aromatic heterocycles. The standard InChI is InChI=1S/C18H27N3O2.ClH/c1-2-7-16(18(23)21-12-6-10-19-11-13-21)20-17(22)14-15-8-4-3-5-9-15;/h3-5,8-9,16,19H,2,6-7,10-14H2,1H3,(H,20,22);1H. The fourth-order valence-electron chi connectivity index (χ4n) is 2.86. The lowest BCUT2D eigenvalue weighted by Gasteiger charge is -2.26. The first kappa shape index (κ1) is 20.5. The highest BCUT2D eigenvalue weighted by atomic mass is 35.5. The number of carbonyl (C=O) groups is 2. The molecule has 1 fully saturated rings. The molecule has 1 atom stereocenters. The van der Waals surface area contributed by atoms with E-state index in [2.05, 4.69) is 10.6 Å². The van der Waals surface area contributed by atoms with E-state index in [0.717, 1.165) is 38.0 Å². The largest absolute Gasteiger partial charge is 0.344 e. The quantitative estimate of drug-likeness (QED) is 0.819. The number of hydrogen-bond acceptors (Lipinski definition) is 3. The van der Waals surface area contributed by atoms with Crippen LogP contribution in [-0.4, -0.2) is 48.9 Å². The molecule has 1 aromatic rings. The van der Waals surface area contributed by atoms with Crippen molar-refractivity contribution in [2.24, 2.45) is 0 Å². The molecule has 1 unspecified atom stereocenters. The first-order valence-electron chi connectivity index (χ1n) is 8.53. The molecule has 2 rings (SSSR count). The van der Waals surface area contributed by atoms with Gasteiger partial charge in [-0.2, -0.15) is 0 Å². The Kier molecular flexibility index (Phi) is 9.42. The third kappa shape index (κ3) is 6.49. The number of halogens is 1. The second-order valence-electron chi connectivity index (χ2n) is 6.00. The lowest BCUT2D eigenvalue weighted by molar-refractivity contribution is -0.136. The summed E-state index contributed by atoms with van der Waals surface area (Å²) in [6.45, 7) is 5.28. The summed E-state index contributed by atoms with van der Waals surface area (Å²) in [6, 6.07) is 9.21. The first-order valence-corrected chi connectivity index (χ1v) is 8.53. The smallest absolute Gasteiger partial charge is 0.245 e. The topological polar surface area (TPSA) is 61.4 Å². The summed E-state index contributed by atoms with van der Waals surface area (Å²) in [5, 5.41) is 6.23. The van der Waals surface area contributed by atoms with Crippen molar-refractivity contribution in [2.45, 2.75) is 38.6 Å². The third-order valence-corrected chi connectivity index (χ3v) is 4.07. The average Bonchev–Trinajstić information content (AvgIpc) is 2.84. The molecule has 1 saturated heterocycles. The van der Waals surface area contributed by atoms with E-state index in [4.69, 9.17) is 0 Å². The molecule has 1 heterocycles. The molecule has 0 aliphatic carbocycles. The maximum absolute atomic E-state index is 12.7. The van der Waals surface area contributed by atoms with Gasteiger partial charge in [-0.1, -0.05) is 43.7 Å². The third-order valence-electron chi connectivity index (χ3n) is 4.07. The first-order chi connectivity index (χ1) is 11.2. The van der Waals surface area contributed by atoms with Crippen LogP contribution in [0, 0.1) is 0 Å². The summed E-state index contributed by atoms with van der Waals surface area (Å²) in [5.41, 5.74) is 0.965. The molecule has 2 N–H and O–H groups in total. The van der Waals surface area contributed by atoms with Gasteiger partial charge in [-0.15, -0.1) is 12.4 Å². The predicted molar refractivity (Wildman–Crippen MR) is 98.3 cm³/mol. The highest BCUT2D eigenvalue weighted by Crippen LogP contribution is 2.06. The summed E-state index contributed by atoms with van der Waals surface area (Å²) in [6.07, 6.45) is 2.83. The number of hydrogen-bond donors (Lipinski definition) is 2. The normalized spacial score (nSPS) is 15.8. The zero-order valence-corrected chi connectivity index (χ0v) is 15.1. The number of nitrogens with zero attached hydrogens (tertiary/aromatic N) is 1. The number of carbonyl (C=O) groups excluding carboxylic acids is 2. The van der Waals surface area contributed by atoms with Crippen LogP contribution in [0.15, 0.2) is 30.3 Å². The minimum atomic E-state index is -0.408. The zero-order chi connectivity index (χ0) is 16.5. The van der Waals surface area contributed by atoms with Gasteiger partial charge in [-0.25, -0.2) is 0 Å². The minimum absolute atomic E-state index is 0. The molecule has 0 saturated carbocycles. The number of rotatable bonds is 6. The second-order valence-corrected chi connectivity index (χ2v) is 6.00. The highest BCUT2D eigenvalue weighted by molar-refractivity contribution is 5.88. The SMILES string of the molecule is CCCC(NC(=O)Cc1ccccc1)C(=O)N1CCCNCC1.Cl. The van der Waals surface area contributed by atoms with Crippen LogP contribution >= 0.6 is 12.4 Å². The predicted octanol–water partition coefficient (Wildman–Crippen LogP) is 1.76. The van der Waals surface area contributed by atoms with Gasteiger partial charge in [0.2, 0.25) is 11.8 Å². The molecule has 0 bridgehead atoms. The van der Waals surface area contributed by atoms with E-state index in [1.807, 2.05) is 42.2 Å². The zero-order valence-electron chi connectivity index (χ0n) is 14.3. The van der Waals surface area contributed by atoms with E-state index in [-0.39, 0.29) is 24.2 Å². The van der Waals surface area contributed by atoms with E-state index in [9.17, 15) is 9.59 Å². The van der Waals surface area contributed by atoms with Crippen LogP contribution in [0.3, 0.4) is 0 Å². The van der Waals surface area contributed by atoms with Crippen LogP contribution in [0.25, 0.3) is 0 Å². The van der Waals surface area contributed by atoms with Gasteiger partial charge in [0.1, 0.15) is 6.04 Å². The van der Waals surface area contributed by atoms with E-state index >= 15 is 0 Å². The van der Waals surface area contributed by atoms with Gasteiger partial charge in [0.15, 0.2) is 0 Å². The second kappa shape index (κ2) is 11.0. The Balaban J connectivity index is 0.00000288. The number of nitrogens with one attached hydrogen (secondary N) is 2. The van der Waals surface area contributed by atoms with Crippen LogP contribution in [-0.2, 0) is 16.0 Å².